The van der Waals surface area contributed by atoms with Crippen LogP contribution in [0.15, 0.2) is 27.3 Å². The Bertz CT molecular complexity index is 1270. The Hall–Kier alpha value is -2.23. The largest absolute Gasteiger partial charge is 0.330 e. The summed E-state index contributed by atoms with van der Waals surface area (Å²) in [6, 6.07) is 6.16. The predicted molar refractivity (Wildman–Crippen MR) is 121 cm³/mol. The molecule has 1 aliphatic carbocycles. The summed E-state index contributed by atoms with van der Waals surface area (Å²) in [5.74, 6) is 1.25. The number of nitrogens with zero attached hydrogens (tertiary/aromatic N) is 3. The van der Waals surface area contributed by atoms with Crippen molar-refractivity contribution in [2.45, 2.75) is 43.2 Å². The zero-order valence-corrected chi connectivity index (χ0v) is 18.5. The third-order valence-electron chi connectivity index (χ3n) is 5.21. The quantitative estimate of drug-likeness (QED) is 0.425. The molecule has 2 N–H and O–H groups in total. The molecule has 0 atom stereocenters. The second-order valence-corrected chi connectivity index (χ2v) is 10.4. The number of hydrogen-bond acceptors (Lipinski definition) is 8. The molecule has 0 spiro atoms. The van der Waals surface area contributed by atoms with Gasteiger partial charge in [0.1, 0.15) is 10.7 Å². The molecular formula is C20H19N5OS3. The lowest BCUT2D eigenvalue weighted by molar-refractivity contribution is 0.916. The Morgan fingerprint density at radius 2 is 2.10 bits per heavy atom. The first-order valence-electron chi connectivity index (χ1n) is 9.41. The molecule has 1 aliphatic rings. The fourth-order valence-corrected chi connectivity index (χ4v) is 6.48. The molecule has 0 radical (unpaired) electrons. The fraction of sp³-hybridized carbons (Fsp3) is 0.300. The van der Waals surface area contributed by atoms with E-state index in [0.29, 0.717) is 11.6 Å². The molecule has 9 heteroatoms. The lowest BCUT2D eigenvalue weighted by Crippen LogP contribution is -2.11. The Balaban J connectivity index is 1.31. The van der Waals surface area contributed by atoms with Crippen LogP contribution in [-0.2, 0) is 18.6 Å². The highest BCUT2D eigenvalue weighted by atomic mass is 32.2. The van der Waals surface area contributed by atoms with E-state index in [2.05, 4.69) is 40.4 Å². The van der Waals surface area contributed by atoms with Crippen molar-refractivity contribution in [1.82, 2.24) is 20.2 Å². The molecule has 0 aliphatic heterocycles. The average molecular weight is 442 g/mol. The molecule has 0 fully saturated rings. The van der Waals surface area contributed by atoms with Crippen LogP contribution in [0, 0.1) is 13.8 Å². The lowest BCUT2D eigenvalue weighted by Gasteiger charge is -2.08. The number of anilines is 2. The van der Waals surface area contributed by atoms with Crippen LogP contribution >= 0.6 is 34.4 Å². The van der Waals surface area contributed by atoms with Crippen molar-refractivity contribution >= 4 is 55.5 Å². The molecule has 3 aromatic heterocycles. The molecule has 0 saturated heterocycles. The summed E-state index contributed by atoms with van der Waals surface area (Å²) in [7, 11) is 0. The van der Waals surface area contributed by atoms with Gasteiger partial charge in [0.2, 0.25) is 5.13 Å². The molecule has 29 heavy (non-hydrogen) atoms. The number of nitrogens with one attached hydrogen (secondary N) is 2. The van der Waals surface area contributed by atoms with Crippen molar-refractivity contribution in [3.8, 4) is 0 Å². The van der Waals surface area contributed by atoms with E-state index in [-0.39, 0.29) is 5.56 Å². The van der Waals surface area contributed by atoms with Gasteiger partial charge in [0.15, 0.2) is 4.34 Å². The van der Waals surface area contributed by atoms with Gasteiger partial charge in [-0.05, 0) is 55.9 Å². The van der Waals surface area contributed by atoms with Crippen LogP contribution in [-0.4, -0.2) is 20.2 Å². The number of rotatable bonds is 5. The first kappa shape index (κ1) is 18.8. The standard InChI is InChI=1S/C20H19N5OS3/c1-10-5-3-7-13(11(10)2)21-19-24-25-20(29-19)27-9-15-22-17(26)16-12-6-4-8-14(12)28-18(16)23-15/h3,5,7H,4,6,8-9H2,1-2H3,(H,21,24)(H,22,23,26). The maximum absolute atomic E-state index is 12.6. The molecule has 3 heterocycles. The summed E-state index contributed by atoms with van der Waals surface area (Å²) in [5.41, 5.74) is 4.68. The van der Waals surface area contributed by atoms with Crippen molar-refractivity contribution in [1.29, 1.82) is 0 Å². The van der Waals surface area contributed by atoms with Gasteiger partial charge in [-0.15, -0.1) is 21.5 Å². The zero-order valence-electron chi connectivity index (χ0n) is 16.0. The number of aryl methyl sites for hydroxylation is 3. The topological polar surface area (TPSA) is 83.6 Å². The minimum absolute atomic E-state index is 0.0143. The maximum Gasteiger partial charge on any atom is 0.259 e. The van der Waals surface area contributed by atoms with Crippen molar-refractivity contribution in [2.75, 3.05) is 5.32 Å². The van der Waals surface area contributed by atoms with Gasteiger partial charge in [-0.1, -0.05) is 35.2 Å². The van der Waals surface area contributed by atoms with E-state index in [1.807, 2.05) is 12.1 Å². The van der Waals surface area contributed by atoms with Crippen LogP contribution in [0.5, 0.6) is 0 Å². The van der Waals surface area contributed by atoms with Gasteiger partial charge in [0, 0.05) is 10.6 Å². The van der Waals surface area contributed by atoms with Gasteiger partial charge in [0.25, 0.3) is 5.56 Å². The highest BCUT2D eigenvalue weighted by Crippen LogP contribution is 2.35. The van der Waals surface area contributed by atoms with Gasteiger partial charge in [-0.3, -0.25) is 4.79 Å². The van der Waals surface area contributed by atoms with Crippen LogP contribution in [0.2, 0.25) is 0 Å². The van der Waals surface area contributed by atoms with Gasteiger partial charge in [-0.2, -0.15) is 0 Å². The molecule has 1 aromatic carbocycles. The molecule has 5 rings (SSSR count). The van der Waals surface area contributed by atoms with Crippen LogP contribution < -0.4 is 10.9 Å². The number of thiophene rings is 1. The van der Waals surface area contributed by atoms with Crippen molar-refractivity contribution in [3.05, 3.63) is 55.9 Å². The van der Waals surface area contributed by atoms with Gasteiger partial charge >= 0.3 is 0 Å². The minimum Gasteiger partial charge on any atom is -0.330 e. The first-order valence-corrected chi connectivity index (χ1v) is 12.0. The second kappa shape index (κ2) is 7.55. The van der Waals surface area contributed by atoms with Gasteiger partial charge in [0.05, 0.1) is 11.1 Å². The molecule has 4 aromatic rings. The van der Waals surface area contributed by atoms with E-state index in [4.69, 9.17) is 4.98 Å². The second-order valence-electron chi connectivity index (χ2n) is 7.08. The number of fused-ring (bicyclic) bond motifs is 3. The van der Waals surface area contributed by atoms with Crippen LogP contribution in [0.3, 0.4) is 0 Å². The number of aromatic nitrogens is 4. The van der Waals surface area contributed by atoms with Gasteiger partial charge < -0.3 is 10.3 Å². The number of H-pyrrole nitrogens is 1. The van der Waals surface area contributed by atoms with E-state index in [1.54, 1.807) is 11.3 Å². The molecule has 0 unspecified atom stereocenters. The highest BCUT2D eigenvalue weighted by Gasteiger charge is 2.21. The molecular weight excluding hydrogens is 422 g/mol. The highest BCUT2D eigenvalue weighted by molar-refractivity contribution is 8.00. The summed E-state index contributed by atoms with van der Waals surface area (Å²) in [6.45, 7) is 4.18. The third-order valence-corrected chi connectivity index (χ3v) is 8.38. The molecule has 0 saturated carbocycles. The van der Waals surface area contributed by atoms with Crippen LogP contribution in [0.4, 0.5) is 10.8 Å². The third kappa shape index (κ3) is 3.58. The maximum atomic E-state index is 12.6. The van der Waals surface area contributed by atoms with E-state index in [9.17, 15) is 4.79 Å². The molecule has 0 amide bonds. The fourth-order valence-electron chi connectivity index (χ4n) is 3.57. The summed E-state index contributed by atoms with van der Waals surface area (Å²) in [5, 5.41) is 13.4. The first-order chi connectivity index (χ1) is 14.1. The molecule has 148 valence electrons. The van der Waals surface area contributed by atoms with E-state index >= 15 is 0 Å². The van der Waals surface area contributed by atoms with E-state index in [0.717, 1.165) is 44.6 Å². The zero-order chi connectivity index (χ0) is 20.0. The number of benzene rings is 1. The molecule has 0 bridgehead atoms. The summed E-state index contributed by atoms with van der Waals surface area (Å²) < 4.78 is 0.842. The normalized spacial score (nSPS) is 13.2. The summed E-state index contributed by atoms with van der Waals surface area (Å²) >= 11 is 4.71. The Morgan fingerprint density at radius 1 is 1.21 bits per heavy atom. The van der Waals surface area contributed by atoms with Crippen LogP contribution in [0.1, 0.15) is 33.8 Å². The van der Waals surface area contributed by atoms with Crippen molar-refractivity contribution in [3.63, 3.8) is 0 Å². The van der Waals surface area contributed by atoms with Crippen LogP contribution in [0.25, 0.3) is 10.2 Å². The SMILES string of the molecule is Cc1cccc(Nc2nnc(SCc3nc4sc5c(c4c(=O)[nH]3)CCC5)s2)c1C. The minimum atomic E-state index is -0.0143. The average Bonchev–Trinajstić information content (AvgIpc) is 3.39. The van der Waals surface area contributed by atoms with Gasteiger partial charge in [-0.25, -0.2) is 4.98 Å². The number of aromatic amines is 1. The monoisotopic (exact) mass is 441 g/mol. The molecule has 6 nitrogen and oxygen atoms in total. The van der Waals surface area contributed by atoms with Crippen molar-refractivity contribution in [2.24, 2.45) is 0 Å². The van der Waals surface area contributed by atoms with Crippen molar-refractivity contribution < 1.29 is 0 Å². The number of thioether (sulfide) groups is 1. The Kier molecular flexibility index (Phi) is 4.89. The number of hydrogen-bond donors (Lipinski definition) is 2. The summed E-state index contributed by atoms with van der Waals surface area (Å²) in [6.07, 6.45) is 3.21. The Morgan fingerprint density at radius 3 is 3.00 bits per heavy atom. The Labute approximate surface area is 179 Å². The summed E-state index contributed by atoms with van der Waals surface area (Å²) in [4.78, 5) is 22.4. The smallest absolute Gasteiger partial charge is 0.259 e. The van der Waals surface area contributed by atoms with E-state index in [1.165, 1.54) is 44.7 Å². The lowest BCUT2D eigenvalue weighted by atomic mass is 10.1. The predicted octanol–water partition coefficient (Wildman–Crippen LogP) is 4.98. The van der Waals surface area contributed by atoms with E-state index < -0.39 is 0 Å².